The SMILES string of the molecule is Cc1ccc(Cl)cc1NC(=O)COC(=O)C[C@H](C)c1ccccc1. The van der Waals surface area contributed by atoms with Crippen LogP contribution in [0.5, 0.6) is 0 Å². The fourth-order valence-corrected chi connectivity index (χ4v) is 2.44. The van der Waals surface area contributed by atoms with Gasteiger partial charge in [0.15, 0.2) is 6.61 Å². The highest BCUT2D eigenvalue weighted by molar-refractivity contribution is 6.31. The summed E-state index contributed by atoms with van der Waals surface area (Å²) in [4.78, 5) is 23.8. The molecule has 2 aromatic rings. The lowest BCUT2D eigenvalue weighted by molar-refractivity contribution is -0.147. The Bertz CT molecular complexity index is 716. The number of benzene rings is 2. The highest BCUT2D eigenvalue weighted by Crippen LogP contribution is 2.20. The first-order valence-electron chi connectivity index (χ1n) is 7.72. The van der Waals surface area contributed by atoms with Crippen molar-refractivity contribution < 1.29 is 14.3 Å². The summed E-state index contributed by atoms with van der Waals surface area (Å²) >= 11 is 5.91. The minimum atomic E-state index is -0.399. The number of hydrogen-bond donors (Lipinski definition) is 1. The molecule has 1 N–H and O–H groups in total. The summed E-state index contributed by atoms with van der Waals surface area (Å²) in [5.74, 6) is -0.748. The van der Waals surface area contributed by atoms with Crippen LogP contribution in [0.15, 0.2) is 48.5 Å². The molecule has 0 bridgehead atoms. The Labute approximate surface area is 146 Å². The van der Waals surface area contributed by atoms with E-state index in [1.807, 2.05) is 50.2 Å². The maximum absolute atomic E-state index is 11.9. The molecule has 2 rings (SSSR count). The first kappa shape index (κ1) is 18.0. The van der Waals surface area contributed by atoms with Gasteiger partial charge in [0.2, 0.25) is 0 Å². The van der Waals surface area contributed by atoms with Crippen molar-refractivity contribution in [1.29, 1.82) is 0 Å². The molecular weight excluding hydrogens is 326 g/mol. The average molecular weight is 346 g/mol. The van der Waals surface area contributed by atoms with Crippen molar-refractivity contribution in [2.75, 3.05) is 11.9 Å². The van der Waals surface area contributed by atoms with Gasteiger partial charge in [-0.3, -0.25) is 9.59 Å². The van der Waals surface area contributed by atoms with Crippen LogP contribution >= 0.6 is 11.6 Å². The zero-order valence-electron chi connectivity index (χ0n) is 13.7. The number of esters is 1. The third-order valence-electron chi connectivity index (χ3n) is 3.68. The highest BCUT2D eigenvalue weighted by atomic mass is 35.5. The van der Waals surface area contributed by atoms with Crippen LogP contribution in [0.3, 0.4) is 0 Å². The topological polar surface area (TPSA) is 55.4 Å². The number of nitrogens with one attached hydrogen (secondary N) is 1. The molecule has 0 aliphatic rings. The van der Waals surface area contributed by atoms with Crippen molar-refractivity contribution in [3.05, 3.63) is 64.7 Å². The monoisotopic (exact) mass is 345 g/mol. The van der Waals surface area contributed by atoms with E-state index in [-0.39, 0.29) is 24.9 Å². The first-order valence-corrected chi connectivity index (χ1v) is 8.10. The van der Waals surface area contributed by atoms with Gasteiger partial charge >= 0.3 is 5.97 Å². The number of anilines is 1. The van der Waals surface area contributed by atoms with Crippen molar-refractivity contribution in [1.82, 2.24) is 0 Å². The molecule has 0 saturated carbocycles. The number of aryl methyl sites for hydroxylation is 1. The summed E-state index contributed by atoms with van der Waals surface area (Å²) in [6.07, 6.45) is 0.230. The van der Waals surface area contributed by atoms with Crippen LogP contribution in [0, 0.1) is 6.92 Å². The zero-order chi connectivity index (χ0) is 17.5. The van der Waals surface area contributed by atoms with Gasteiger partial charge in [0.25, 0.3) is 5.91 Å². The zero-order valence-corrected chi connectivity index (χ0v) is 14.5. The standard InChI is InChI=1S/C19H20ClNO3/c1-13-8-9-16(20)11-17(13)21-18(22)12-24-19(23)10-14(2)15-6-4-3-5-7-15/h3-9,11,14H,10,12H2,1-2H3,(H,21,22)/t14-/m0/s1. The summed E-state index contributed by atoms with van der Waals surface area (Å²) in [5, 5.41) is 3.22. The maximum Gasteiger partial charge on any atom is 0.306 e. The molecule has 0 radical (unpaired) electrons. The van der Waals surface area contributed by atoms with Crippen LogP contribution in [0.2, 0.25) is 5.02 Å². The molecule has 4 nitrogen and oxygen atoms in total. The summed E-state index contributed by atoms with van der Waals surface area (Å²) in [7, 11) is 0. The molecule has 24 heavy (non-hydrogen) atoms. The third kappa shape index (κ3) is 5.39. The van der Waals surface area contributed by atoms with E-state index in [1.54, 1.807) is 12.1 Å². The van der Waals surface area contributed by atoms with Gasteiger partial charge in [0.1, 0.15) is 0 Å². The van der Waals surface area contributed by atoms with Crippen LogP contribution in [0.1, 0.15) is 30.4 Å². The normalized spacial score (nSPS) is 11.6. The molecule has 5 heteroatoms. The maximum atomic E-state index is 11.9. The lowest BCUT2D eigenvalue weighted by Gasteiger charge is -2.12. The minimum Gasteiger partial charge on any atom is -0.456 e. The molecule has 126 valence electrons. The van der Waals surface area contributed by atoms with Crippen LogP contribution < -0.4 is 5.32 Å². The van der Waals surface area contributed by atoms with Crippen LogP contribution in [0.25, 0.3) is 0 Å². The number of carbonyl (C=O) groups excluding carboxylic acids is 2. The van der Waals surface area contributed by atoms with Crippen molar-refractivity contribution in [2.24, 2.45) is 0 Å². The lowest BCUT2D eigenvalue weighted by atomic mass is 9.98. The van der Waals surface area contributed by atoms with E-state index in [0.29, 0.717) is 10.7 Å². The second kappa shape index (κ2) is 8.50. The molecule has 1 amide bonds. The highest BCUT2D eigenvalue weighted by Gasteiger charge is 2.14. The van der Waals surface area contributed by atoms with E-state index in [1.165, 1.54) is 0 Å². The summed E-state index contributed by atoms with van der Waals surface area (Å²) in [5.41, 5.74) is 2.56. The van der Waals surface area contributed by atoms with Gasteiger partial charge in [-0.05, 0) is 36.1 Å². The van der Waals surface area contributed by atoms with Crippen molar-refractivity contribution in [3.8, 4) is 0 Å². The number of rotatable bonds is 6. The summed E-state index contributed by atoms with van der Waals surface area (Å²) in [6, 6.07) is 14.9. The Morgan fingerprint density at radius 3 is 2.58 bits per heavy atom. The molecule has 0 unspecified atom stereocenters. The van der Waals surface area contributed by atoms with Gasteiger partial charge in [-0.25, -0.2) is 0 Å². The fourth-order valence-electron chi connectivity index (χ4n) is 2.27. The molecule has 0 spiro atoms. The smallest absolute Gasteiger partial charge is 0.306 e. The van der Waals surface area contributed by atoms with Crippen molar-refractivity contribution in [2.45, 2.75) is 26.2 Å². The third-order valence-corrected chi connectivity index (χ3v) is 3.91. The molecule has 0 aromatic heterocycles. The molecule has 0 saturated heterocycles. The minimum absolute atomic E-state index is 0.0388. The molecule has 0 aliphatic heterocycles. The van der Waals surface area contributed by atoms with Crippen molar-refractivity contribution >= 4 is 29.2 Å². The summed E-state index contributed by atoms with van der Waals surface area (Å²) < 4.78 is 5.05. The van der Waals surface area contributed by atoms with E-state index in [0.717, 1.165) is 11.1 Å². The van der Waals surface area contributed by atoms with Gasteiger partial charge in [-0.2, -0.15) is 0 Å². The summed E-state index contributed by atoms with van der Waals surface area (Å²) in [6.45, 7) is 3.50. The average Bonchev–Trinajstić information content (AvgIpc) is 2.57. The lowest BCUT2D eigenvalue weighted by Crippen LogP contribution is -2.21. The quantitative estimate of drug-likeness (QED) is 0.793. The second-order valence-corrected chi connectivity index (χ2v) is 6.12. The van der Waals surface area contributed by atoms with Crippen LogP contribution in [-0.4, -0.2) is 18.5 Å². The number of carbonyl (C=O) groups is 2. The predicted octanol–water partition coefficient (Wildman–Crippen LogP) is 4.32. The van der Waals surface area contributed by atoms with Crippen LogP contribution in [-0.2, 0) is 14.3 Å². The Kier molecular flexibility index (Phi) is 6.38. The van der Waals surface area contributed by atoms with E-state index < -0.39 is 5.97 Å². The fraction of sp³-hybridized carbons (Fsp3) is 0.263. The number of ether oxygens (including phenoxy) is 1. The van der Waals surface area contributed by atoms with Gasteiger partial charge in [-0.15, -0.1) is 0 Å². The van der Waals surface area contributed by atoms with E-state index in [9.17, 15) is 9.59 Å². The first-order chi connectivity index (χ1) is 11.5. The van der Waals surface area contributed by atoms with E-state index in [4.69, 9.17) is 16.3 Å². The van der Waals surface area contributed by atoms with Gasteiger partial charge in [0.05, 0.1) is 6.42 Å². The predicted molar refractivity (Wildman–Crippen MR) is 95.3 cm³/mol. The number of amides is 1. The van der Waals surface area contributed by atoms with Crippen molar-refractivity contribution in [3.63, 3.8) is 0 Å². The Morgan fingerprint density at radius 2 is 1.88 bits per heavy atom. The molecule has 0 fully saturated rings. The van der Waals surface area contributed by atoms with Crippen LogP contribution in [0.4, 0.5) is 5.69 Å². The van der Waals surface area contributed by atoms with Gasteiger partial charge in [0, 0.05) is 10.7 Å². The number of hydrogen-bond acceptors (Lipinski definition) is 3. The molecule has 2 aromatic carbocycles. The number of halogens is 1. The Balaban J connectivity index is 1.81. The Hall–Kier alpha value is -2.33. The largest absolute Gasteiger partial charge is 0.456 e. The van der Waals surface area contributed by atoms with Gasteiger partial charge < -0.3 is 10.1 Å². The molecular formula is C19H20ClNO3. The molecule has 1 atom stereocenters. The van der Waals surface area contributed by atoms with E-state index >= 15 is 0 Å². The van der Waals surface area contributed by atoms with Gasteiger partial charge in [-0.1, -0.05) is 54.9 Å². The second-order valence-electron chi connectivity index (χ2n) is 5.68. The molecule has 0 heterocycles. The molecule has 0 aliphatic carbocycles. The van der Waals surface area contributed by atoms with E-state index in [2.05, 4.69) is 5.32 Å². The Morgan fingerprint density at radius 1 is 1.17 bits per heavy atom.